The molecule has 3 rings (SSSR count). The maximum Gasteiger partial charge on any atom is 0.222 e. The van der Waals surface area contributed by atoms with Crippen molar-refractivity contribution in [2.24, 2.45) is 5.73 Å². The number of nitrogens with zero attached hydrogens (tertiary/aromatic N) is 3. The van der Waals surface area contributed by atoms with Crippen LogP contribution < -0.4 is 11.1 Å². The van der Waals surface area contributed by atoms with Gasteiger partial charge in [0.15, 0.2) is 0 Å². The molecule has 3 aromatic rings. The molecular formula is C14H16N6. The molecule has 0 radical (unpaired) electrons. The first-order valence-corrected chi connectivity index (χ1v) is 6.47. The Balaban J connectivity index is 1.82. The van der Waals surface area contributed by atoms with E-state index in [0.717, 1.165) is 22.2 Å². The number of nitrogens with two attached hydrogens (primary N) is 1. The third-order valence-corrected chi connectivity index (χ3v) is 2.99. The summed E-state index contributed by atoms with van der Waals surface area (Å²) in [5.41, 5.74) is 9.65. The van der Waals surface area contributed by atoms with Crippen LogP contribution in [0.4, 0.5) is 5.95 Å². The van der Waals surface area contributed by atoms with Crippen LogP contribution in [-0.2, 0) is 0 Å². The number of benzene rings is 1. The zero-order chi connectivity index (χ0) is 13.9. The molecule has 0 amide bonds. The van der Waals surface area contributed by atoms with Gasteiger partial charge in [0, 0.05) is 30.5 Å². The summed E-state index contributed by atoms with van der Waals surface area (Å²) in [4.78, 5) is 15.9. The Morgan fingerprint density at radius 1 is 1.20 bits per heavy atom. The van der Waals surface area contributed by atoms with Crippen molar-refractivity contribution in [3.8, 4) is 11.1 Å². The molecule has 2 heterocycles. The zero-order valence-corrected chi connectivity index (χ0v) is 11.2. The fraction of sp³-hybridized carbons (Fsp3) is 0.214. The smallest absolute Gasteiger partial charge is 0.222 e. The molecule has 0 saturated heterocycles. The van der Waals surface area contributed by atoms with Gasteiger partial charge in [0.25, 0.3) is 0 Å². The number of anilines is 1. The third kappa shape index (κ3) is 2.60. The highest BCUT2D eigenvalue weighted by Gasteiger charge is 2.03. The van der Waals surface area contributed by atoms with Gasteiger partial charge in [0.2, 0.25) is 5.95 Å². The van der Waals surface area contributed by atoms with E-state index in [1.165, 1.54) is 0 Å². The van der Waals surface area contributed by atoms with Gasteiger partial charge in [-0.1, -0.05) is 6.07 Å². The van der Waals surface area contributed by atoms with Gasteiger partial charge in [-0.05, 0) is 24.6 Å². The number of H-pyrrole nitrogens is 1. The van der Waals surface area contributed by atoms with E-state index in [0.29, 0.717) is 12.5 Å². The first kappa shape index (κ1) is 12.6. The lowest BCUT2D eigenvalue weighted by Crippen LogP contribution is -2.25. The van der Waals surface area contributed by atoms with Crippen LogP contribution >= 0.6 is 0 Å². The Morgan fingerprint density at radius 2 is 2.00 bits per heavy atom. The number of rotatable bonds is 4. The summed E-state index contributed by atoms with van der Waals surface area (Å²) in [6.45, 7) is 2.58. The number of aromatic nitrogens is 4. The minimum atomic E-state index is 0.0704. The Kier molecular flexibility index (Phi) is 3.30. The highest BCUT2D eigenvalue weighted by atomic mass is 15.1. The summed E-state index contributed by atoms with van der Waals surface area (Å²) in [5, 5.41) is 3.08. The van der Waals surface area contributed by atoms with Crippen molar-refractivity contribution in [3.63, 3.8) is 0 Å². The van der Waals surface area contributed by atoms with Crippen molar-refractivity contribution >= 4 is 17.0 Å². The normalized spacial score (nSPS) is 12.5. The van der Waals surface area contributed by atoms with Crippen LogP contribution in [0.3, 0.4) is 0 Å². The molecular weight excluding hydrogens is 252 g/mol. The summed E-state index contributed by atoms with van der Waals surface area (Å²) in [6.07, 6.45) is 5.29. The molecule has 2 aromatic heterocycles. The zero-order valence-electron chi connectivity index (χ0n) is 11.2. The van der Waals surface area contributed by atoms with Gasteiger partial charge < -0.3 is 16.0 Å². The van der Waals surface area contributed by atoms with E-state index in [1.54, 1.807) is 18.7 Å². The van der Waals surface area contributed by atoms with Gasteiger partial charge >= 0.3 is 0 Å². The van der Waals surface area contributed by atoms with Crippen molar-refractivity contribution in [3.05, 3.63) is 36.9 Å². The lowest BCUT2D eigenvalue weighted by Gasteiger charge is -2.07. The van der Waals surface area contributed by atoms with Crippen LogP contribution in [0.25, 0.3) is 22.2 Å². The highest BCUT2D eigenvalue weighted by molar-refractivity contribution is 5.81. The molecule has 0 spiro atoms. The summed E-state index contributed by atoms with van der Waals surface area (Å²) in [7, 11) is 0. The second kappa shape index (κ2) is 5.26. The molecule has 6 nitrogen and oxygen atoms in total. The van der Waals surface area contributed by atoms with Crippen molar-refractivity contribution in [2.45, 2.75) is 13.0 Å². The molecule has 0 aliphatic rings. The topological polar surface area (TPSA) is 92.5 Å². The Morgan fingerprint density at radius 3 is 2.75 bits per heavy atom. The van der Waals surface area contributed by atoms with E-state index in [4.69, 9.17) is 5.73 Å². The first-order valence-electron chi connectivity index (χ1n) is 6.47. The average molecular weight is 268 g/mol. The molecule has 6 heteroatoms. The lowest BCUT2D eigenvalue weighted by molar-refractivity contribution is 0.773. The number of hydrogen-bond acceptors (Lipinski definition) is 5. The number of hydrogen-bond donors (Lipinski definition) is 3. The summed E-state index contributed by atoms with van der Waals surface area (Å²) in [6, 6.07) is 6.09. The average Bonchev–Trinajstić information content (AvgIpc) is 2.93. The lowest BCUT2D eigenvalue weighted by atomic mass is 10.1. The molecule has 20 heavy (non-hydrogen) atoms. The fourth-order valence-corrected chi connectivity index (χ4v) is 1.94. The molecule has 0 aliphatic carbocycles. The van der Waals surface area contributed by atoms with Crippen molar-refractivity contribution < 1.29 is 0 Å². The van der Waals surface area contributed by atoms with E-state index in [1.807, 2.05) is 25.1 Å². The first-order chi connectivity index (χ1) is 9.72. The van der Waals surface area contributed by atoms with E-state index in [-0.39, 0.29) is 6.04 Å². The SMILES string of the molecule is CC(N)CNc1ncc(-c2ccc3nc[nH]c3c2)cn1. The van der Waals surface area contributed by atoms with Crippen LogP contribution in [0.1, 0.15) is 6.92 Å². The Labute approximate surface area is 116 Å². The molecule has 4 N–H and O–H groups in total. The van der Waals surface area contributed by atoms with Crippen LogP contribution in [0.5, 0.6) is 0 Å². The fourth-order valence-electron chi connectivity index (χ4n) is 1.94. The van der Waals surface area contributed by atoms with Gasteiger partial charge in [-0.2, -0.15) is 0 Å². The molecule has 1 unspecified atom stereocenters. The predicted molar refractivity (Wildman–Crippen MR) is 79.3 cm³/mol. The Bertz CT molecular complexity index is 701. The number of fused-ring (bicyclic) bond motifs is 1. The van der Waals surface area contributed by atoms with Crippen LogP contribution in [0.2, 0.25) is 0 Å². The third-order valence-electron chi connectivity index (χ3n) is 2.99. The minimum Gasteiger partial charge on any atom is -0.353 e. The second-order valence-corrected chi connectivity index (χ2v) is 4.79. The summed E-state index contributed by atoms with van der Waals surface area (Å²) in [5.74, 6) is 0.591. The van der Waals surface area contributed by atoms with Crippen molar-refractivity contribution in [1.29, 1.82) is 0 Å². The minimum absolute atomic E-state index is 0.0704. The van der Waals surface area contributed by atoms with E-state index >= 15 is 0 Å². The van der Waals surface area contributed by atoms with Crippen molar-refractivity contribution in [1.82, 2.24) is 19.9 Å². The van der Waals surface area contributed by atoms with Gasteiger partial charge in [0.1, 0.15) is 0 Å². The van der Waals surface area contributed by atoms with Gasteiger partial charge in [-0.3, -0.25) is 0 Å². The van der Waals surface area contributed by atoms with Gasteiger partial charge in [0.05, 0.1) is 17.4 Å². The van der Waals surface area contributed by atoms with E-state index in [2.05, 4.69) is 25.3 Å². The largest absolute Gasteiger partial charge is 0.353 e. The molecule has 102 valence electrons. The van der Waals surface area contributed by atoms with Crippen molar-refractivity contribution in [2.75, 3.05) is 11.9 Å². The summed E-state index contributed by atoms with van der Waals surface area (Å²) < 4.78 is 0. The number of aromatic amines is 1. The molecule has 0 saturated carbocycles. The Hall–Kier alpha value is -2.47. The highest BCUT2D eigenvalue weighted by Crippen LogP contribution is 2.21. The standard InChI is InChI=1S/C14H16N6/c1-9(15)5-16-14-17-6-11(7-18-14)10-2-3-12-13(4-10)20-8-19-12/h2-4,6-9H,5,15H2,1H3,(H,19,20)(H,16,17,18). The van der Waals surface area contributed by atoms with Crippen LogP contribution in [0, 0.1) is 0 Å². The predicted octanol–water partition coefficient (Wildman–Crippen LogP) is 1.78. The molecule has 1 atom stereocenters. The van der Waals surface area contributed by atoms with Gasteiger partial charge in [-0.15, -0.1) is 0 Å². The van der Waals surface area contributed by atoms with E-state index < -0.39 is 0 Å². The number of nitrogens with one attached hydrogen (secondary N) is 2. The van der Waals surface area contributed by atoms with Gasteiger partial charge in [-0.25, -0.2) is 15.0 Å². The number of imidazole rings is 1. The molecule has 0 aliphatic heterocycles. The maximum atomic E-state index is 5.68. The monoisotopic (exact) mass is 268 g/mol. The molecule has 0 bridgehead atoms. The summed E-state index contributed by atoms with van der Waals surface area (Å²) >= 11 is 0. The quantitative estimate of drug-likeness (QED) is 0.670. The molecule has 1 aromatic carbocycles. The molecule has 0 fully saturated rings. The van der Waals surface area contributed by atoms with E-state index in [9.17, 15) is 0 Å². The second-order valence-electron chi connectivity index (χ2n) is 4.79. The van der Waals surface area contributed by atoms with Crippen LogP contribution in [-0.4, -0.2) is 32.5 Å². The van der Waals surface area contributed by atoms with Crippen LogP contribution in [0.15, 0.2) is 36.9 Å². The maximum absolute atomic E-state index is 5.68.